The highest BCUT2D eigenvalue weighted by Crippen LogP contribution is 2.47. The maximum Gasteiger partial charge on any atom is 0.248 e. The third kappa shape index (κ3) is 3.93. The molecular weight excluding hydrogens is 328 g/mol. The van der Waals surface area contributed by atoms with Gasteiger partial charge < -0.3 is 9.73 Å². The van der Waals surface area contributed by atoms with E-state index in [9.17, 15) is 13.2 Å². The Hall–Kier alpha value is -2.38. The first-order valence-corrected chi connectivity index (χ1v) is 9.09. The van der Waals surface area contributed by atoms with E-state index in [0.29, 0.717) is 23.3 Å². The van der Waals surface area contributed by atoms with Crippen molar-refractivity contribution in [3.8, 4) is 0 Å². The predicted octanol–water partition coefficient (Wildman–Crippen LogP) is 2.70. The van der Waals surface area contributed by atoms with Crippen molar-refractivity contribution in [1.82, 2.24) is 0 Å². The van der Waals surface area contributed by atoms with Gasteiger partial charge in [-0.15, -0.1) is 0 Å². The lowest BCUT2D eigenvalue weighted by molar-refractivity contribution is -0.111. The Balaban J connectivity index is 1.60. The van der Waals surface area contributed by atoms with Gasteiger partial charge in [-0.3, -0.25) is 4.79 Å². The molecule has 7 heteroatoms. The molecule has 6 nitrogen and oxygen atoms in total. The molecule has 1 aliphatic rings. The van der Waals surface area contributed by atoms with Crippen LogP contribution in [0.1, 0.15) is 30.8 Å². The summed E-state index contributed by atoms with van der Waals surface area (Å²) in [4.78, 5) is 11.9. The molecule has 2 atom stereocenters. The van der Waals surface area contributed by atoms with Crippen LogP contribution >= 0.6 is 0 Å². The topological polar surface area (TPSA) is 102 Å². The molecule has 3 N–H and O–H groups in total. The number of rotatable bonds is 5. The predicted molar refractivity (Wildman–Crippen MR) is 90.7 cm³/mol. The summed E-state index contributed by atoms with van der Waals surface area (Å²) in [5.74, 6) is 2.41. The average Bonchev–Trinajstić information content (AvgIpc) is 3.07. The minimum Gasteiger partial charge on any atom is -0.461 e. The number of anilines is 1. The van der Waals surface area contributed by atoms with Crippen LogP contribution in [-0.4, -0.2) is 14.3 Å². The number of primary sulfonamides is 1. The number of hydrogen-bond donors (Lipinski definition) is 2. The fourth-order valence-corrected chi connectivity index (χ4v) is 2.96. The molecule has 0 spiro atoms. The molecular formula is C17H18N2O4S. The van der Waals surface area contributed by atoms with Crippen LogP contribution in [0, 0.1) is 5.92 Å². The molecule has 1 aliphatic carbocycles. The van der Waals surface area contributed by atoms with Crippen LogP contribution in [0.15, 0.2) is 51.8 Å². The summed E-state index contributed by atoms with van der Waals surface area (Å²) in [6.07, 6.45) is 4.11. The SMILES string of the molecule is C[C@@H]1C[C@H]1c1ccc(/C=C/C(=O)Nc2ccc(S(N)(=O)=O)cc2)o1. The fraction of sp³-hybridized carbons (Fsp3) is 0.235. The highest BCUT2D eigenvalue weighted by Gasteiger charge is 2.36. The summed E-state index contributed by atoms with van der Waals surface area (Å²) in [5, 5.41) is 7.66. The van der Waals surface area contributed by atoms with Crippen molar-refractivity contribution >= 4 is 27.7 Å². The minimum absolute atomic E-state index is 0.00606. The van der Waals surface area contributed by atoms with E-state index >= 15 is 0 Å². The second-order valence-corrected chi connectivity index (χ2v) is 7.51. The maximum absolute atomic E-state index is 11.9. The molecule has 3 rings (SSSR count). The molecule has 1 fully saturated rings. The molecule has 0 aliphatic heterocycles. The summed E-state index contributed by atoms with van der Waals surface area (Å²) in [5.41, 5.74) is 0.476. The van der Waals surface area contributed by atoms with E-state index in [2.05, 4.69) is 12.2 Å². The first-order chi connectivity index (χ1) is 11.3. The van der Waals surface area contributed by atoms with E-state index in [0.717, 1.165) is 12.2 Å². The van der Waals surface area contributed by atoms with Crippen molar-refractivity contribution in [3.05, 3.63) is 54.0 Å². The van der Waals surface area contributed by atoms with Crippen molar-refractivity contribution in [3.63, 3.8) is 0 Å². The van der Waals surface area contributed by atoms with Gasteiger partial charge in [-0.2, -0.15) is 0 Å². The van der Waals surface area contributed by atoms with Crippen LogP contribution in [0.3, 0.4) is 0 Å². The van der Waals surface area contributed by atoms with Crippen molar-refractivity contribution in [2.45, 2.75) is 24.2 Å². The highest BCUT2D eigenvalue weighted by atomic mass is 32.2. The van der Waals surface area contributed by atoms with E-state index in [1.807, 2.05) is 12.1 Å². The van der Waals surface area contributed by atoms with Crippen LogP contribution in [0.25, 0.3) is 6.08 Å². The van der Waals surface area contributed by atoms with Crippen molar-refractivity contribution in [2.24, 2.45) is 11.1 Å². The van der Waals surface area contributed by atoms with E-state index in [1.165, 1.54) is 30.3 Å². The third-order valence-electron chi connectivity index (χ3n) is 3.97. The minimum atomic E-state index is -3.74. The van der Waals surface area contributed by atoms with Crippen LogP contribution < -0.4 is 10.5 Å². The number of carbonyl (C=O) groups excluding carboxylic acids is 1. The van der Waals surface area contributed by atoms with Gasteiger partial charge in [0.05, 0.1) is 4.90 Å². The number of furan rings is 1. The largest absolute Gasteiger partial charge is 0.461 e. The van der Waals surface area contributed by atoms with Gasteiger partial charge in [0, 0.05) is 17.7 Å². The normalized spacial score (nSPS) is 20.2. The smallest absolute Gasteiger partial charge is 0.248 e. The molecule has 0 radical (unpaired) electrons. The second kappa shape index (κ2) is 6.26. The van der Waals surface area contributed by atoms with Crippen molar-refractivity contribution < 1.29 is 17.6 Å². The molecule has 1 heterocycles. The third-order valence-corrected chi connectivity index (χ3v) is 4.90. The van der Waals surface area contributed by atoms with Crippen molar-refractivity contribution in [2.75, 3.05) is 5.32 Å². The molecule has 2 aromatic rings. The summed E-state index contributed by atoms with van der Waals surface area (Å²) in [6.45, 7) is 2.18. The van der Waals surface area contributed by atoms with E-state index in [-0.39, 0.29) is 10.8 Å². The van der Waals surface area contributed by atoms with E-state index < -0.39 is 10.0 Å². The van der Waals surface area contributed by atoms with Gasteiger partial charge in [0.15, 0.2) is 0 Å². The van der Waals surface area contributed by atoms with Gasteiger partial charge in [-0.25, -0.2) is 13.6 Å². The maximum atomic E-state index is 11.9. The fourth-order valence-electron chi connectivity index (χ4n) is 2.45. The zero-order valence-electron chi connectivity index (χ0n) is 13.1. The Labute approximate surface area is 140 Å². The molecule has 0 unspecified atom stereocenters. The average molecular weight is 346 g/mol. The molecule has 1 saturated carbocycles. The first-order valence-electron chi connectivity index (χ1n) is 7.54. The lowest BCUT2D eigenvalue weighted by Crippen LogP contribution is -2.12. The molecule has 1 amide bonds. The monoisotopic (exact) mass is 346 g/mol. The van der Waals surface area contributed by atoms with Gasteiger partial charge in [0.25, 0.3) is 0 Å². The summed E-state index contributed by atoms with van der Waals surface area (Å²) in [6, 6.07) is 9.41. The zero-order valence-corrected chi connectivity index (χ0v) is 13.9. The van der Waals surface area contributed by atoms with Gasteiger partial charge in [0.1, 0.15) is 11.5 Å². The number of nitrogens with two attached hydrogens (primary N) is 1. The summed E-state index contributed by atoms with van der Waals surface area (Å²) < 4.78 is 28.0. The van der Waals surface area contributed by atoms with Crippen LogP contribution in [0.4, 0.5) is 5.69 Å². The van der Waals surface area contributed by atoms with E-state index in [4.69, 9.17) is 9.56 Å². The Kier molecular flexibility index (Phi) is 4.29. The molecule has 0 bridgehead atoms. The van der Waals surface area contributed by atoms with Crippen LogP contribution in [0.5, 0.6) is 0 Å². The number of benzene rings is 1. The standard InChI is InChI=1S/C17H18N2O4S/c1-11-10-15(11)16-8-4-13(23-16)5-9-17(20)19-12-2-6-14(7-3-12)24(18,21)22/h2-9,11,15H,10H2,1H3,(H,19,20)(H2,18,21,22)/b9-5+/t11-,15-/m1/s1. The molecule has 1 aromatic carbocycles. The lowest BCUT2D eigenvalue weighted by Gasteiger charge is -2.03. The summed E-state index contributed by atoms with van der Waals surface area (Å²) in [7, 11) is -3.74. The van der Waals surface area contributed by atoms with Crippen LogP contribution in [-0.2, 0) is 14.8 Å². The Bertz CT molecular complexity index is 882. The van der Waals surface area contributed by atoms with Gasteiger partial charge in [-0.05, 0) is 54.8 Å². The molecule has 1 aromatic heterocycles. The first kappa shape index (κ1) is 16.5. The summed E-state index contributed by atoms with van der Waals surface area (Å²) >= 11 is 0. The Morgan fingerprint density at radius 1 is 1.25 bits per heavy atom. The lowest BCUT2D eigenvalue weighted by atomic mass is 10.3. The number of amides is 1. The van der Waals surface area contributed by atoms with Gasteiger partial charge in [-0.1, -0.05) is 6.92 Å². The number of hydrogen-bond acceptors (Lipinski definition) is 4. The number of sulfonamides is 1. The second-order valence-electron chi connectivity index (χ2n) is 5.95. The Morgan fingerprint density at radius 2 is 1.92 bits per heavy atom. The molecule has 24 heavy (non-hydrogen) atoms. The van der Waals surface area contributed by atoms with E-state index in [1.54, 1.807) is 6.08 Å². The molecule has 0 saturated heterocycles. The zero-order chi connectivity index (χ0) is 17.3. The van der Waals surface area contributed by atoms with Crippen molar-refractivity contribution in [1.29, 1.82) is 0 Å². The number of carbonyl (C=O) groups is 1. The number of nitrogens with one attached hydrogen (secondary N) is 1. The van der Waals surface area contributed by atoms with Crippen LogP contribution in [0.2, 0.25) is 0 Å². The highest BCUT2D eigenvalue weighted by molar-refractivity contribution is 7.89. The quantitative estimate of drug-likeness (QED) is 0.813. The molecule has 126 valence electrons. The Morgan fingerprint density at radius 3 is 2.50 bits per heavy atom. The van der Waals surface area contributed by atoms with Gasteiger partial charge in [0.2, 0.25) is 15.9 Å². The van der Waals surface area contributed by atoms with Gasteiger partial charge >= 0.3 is 0 Å².